The zero-order valence-corrected chi connectivity index (χ0v) is 18.4. The minimum atomic E-state index is -0.700. The molecule has 3 aromatic rings. The number of hydrogen-bond donors (Lipinski definition) is 1. The molecular formula is C26H29NO4. The van der Waals surface area contributed by atoms with Gasteiger partial charge in [0.25, 0.3) is 0 Å². The molecule has 4 rings (SSSR count). The summed E-state index contributed by atoms with van der Waals surface area (Å²) in [7, 11) is 0. The van der Waals surface area contributed by atoms with Crippen molar-refractivity contribution >= 4 is 5.97 Å². The zero-order chi connectivity index (χ0) is 22.0. The molecule has 1 heterocycles. The van der Waals surface area contributed by atoms with Gasteiger partial charge in [0.1, 0.15) is 11.5 Å². The van der Waals surface area contributed by atoms with Gasteiger partial charge in [-0.2, -0.15) is 0 Å². The van der Waals surface area contributed by atoms with Crippen molar-refractivity contribution in [3.63, 3.8) is 0 Å². The van der Waals surface area contributed by atoms with Gasteiger partial charge in [-0.15, -0.1) is 0 Å². The number of fused-ring (bicyclic) bond motifs is 1. The van der Waals surface area contributed by atoms with Crippen LogP contribution in [-0.4, -0.2) is 22.7 Å². The number of benzene rings is 2. The number of ether oxygens (including phenoxy) is 1. The van der Waals surface area contributed by atoms with Crippen LogP contribution >= 0.6 is 0 Å². The second kappa shape index (κ2) is 8.96. The standard InChI is InChI=1S/C26H29NO4/c1-4-21(26(28)29)23-11-9-19-15-20(10-12-22(19)23)30-14-13-24-17(3)31-25(27-24)18-7-5-16(2)6-8-18/h5-8,10,12,15,21,23H,4,9,11,13-14H2,1-3H3,(H,28,29)/t21-,23-/m0/s1. The van der Waals surface area contributed by atoms with Crippen LogP contribution in [0.25, 0.3) is 11.5 Å². The molecule has 0 saturated heterocycles. The molecule has 0 amide bonds. The monoisotopic (exact) mass is 419 g/mol. The molecule has 0 spiro atoms. The van der Waals surface area contributed by atoms with Gasteiger partial charge >= 0.3 is 5.97 Å². The molecule has 1 N–H and O–H groups in total. The highest BCUT2D eigenvalue weighted by atomic mass is 16.5. The van der Waals surface area contributed by atoms with Crippen molar-refractivity contribution in [2.75, 3.05) is 6.61 Å². The molecule has 2 aromatic carbocycles. The second-order valence-electron chi connectivity index (χ2n) is 8.35. The van der Waals surface area contributed by atoms with Gasteiger partial charge in [0.15, 0.2) is 0 Å². The molecule has 1 aliphatic carbocycles. The molecule has 0 aliphatic heterocycles. The number of hydrogen-bond acceptors (Lipinski definition) is 4. The Labute approximate surface area is 183 Å². The minimum Gasteiger partial charge on any atom is -0.493 e. The predicted molar refractivity (Wildman–Crippen MR) is 120 cm³/mol. The largest absolute Gasteiger partial charge is 0.493 e. The van der Waals surface area contributed by atoms with Crippen LogP contribution in [-0.2, 0) is 17.6 Å². The highest BCUT2D eigenvalue weighted by Crippen LogP contribution is 2.41. The molecule has 31 heavy (non-hydrogen) atoms. The van der Waals surface area contributed by atoms with E-state index in [-0.39, 0.29) is 11.8 Å². The summed E-state index contributed by atoms with van der Waals surface area (Å²) in [6.07, 6.45) is 3.12. The Kier molecular flexibility index (Phi) is 6.12. The number of carbonyl (C=O) groups is 1. The lowest BCUT2D eigenvalue weighted by molar-refractivity contribution is -0.142. The smallest absolute Gasteiger partial charge is 0.307 e. The maximum atomic E-state index is 11.6. The van der Waals surface area contributed by atoms with Crippen molar-refractivity contribution in [3.8, 4) is 17.2 Å². The average molecular weight is 420 g/mol. The first kappa shape index (κ1) is 21.2. The summed E-state index contributed by atoms with van der Waals surface area (Å²) in [5, 5.41) is 9.51. The highest BCUT2D eigenvalue weighted by Gasteiger charge is 2.33. The van der Waals surface area contributed by atoms with Gasteiger partial charge in [0.05, 0.1) is 18.2 Å². The van der Waals surface area contributed by atoms with E-state index in [1.807, 2.05) is 38.1 Å². The van der Waals surface area contributed by atoms with E-state index in [1.165, 1.54) is 11.1 Å². The number of rotatable bonds is 8. The second-order valence-corrected chi connectivity index (χ2v) is 8.35. The number of carboxylic acid groups (broad SMARTS) is 1. The molecule has 0 bridgehead atoms. The molecule has 0 unspecified atom stereocenters. The number of nitrogens with zero attached hydrogens (tertiary/aromatic N) is 1. The quantitative estimate of drug-likeness (QED) is 0.505. The number of aromatic nitrogens is 1. The Morgan fingerprint density at radius 2 is 2.00 bits per heavy atom. The van der Waals surface area contributed by atoms with Gasteiger partial charge in [-0.1, -0.05) is 30.7 Å². The van der Waals surface area contributed by atoms with Crippen molar-refractivity contribution < 1.29 is 19.1 Å². The van der Waals surface area contributed by atoms with Crippen LogP contribution in [0.4, 0.5) is 0 Å². The third-order valence-electron chi connectivity index (χ3n) is 6.28. The van der Waals surface area contributed by atoms with Crippen LogP contribution in [0.5, 0.6) is 5.75 Å². The van der Waals surface area contributed by atoms with Gasteiger partial charge in [-0.25, -0.2) is 4.98 Å². The maximum absolute atomic E-state index is 11.6. The topological polar surface area (TPSA) is 72.6 Å². The van der Waals surface area contributed by atoms with E-state index in [0.717, 1.165) is 41.2 Å². The normalized spacial score (nSPS) is 16.2. The van der Waals surface area contributed by atoms with E-state index < -0.39 is 5.97 Å². The fraction of sp³-hybridized carbons (Fsp3) is 0.385. The summed E-state index contributed by atoms with van der Waals surface area (Å²) < 4.78 is 11.8. The van der Waals surface area contributed by atoms with E-state index in [0.29, 0.717) is 25.3 Å². The van der Waals surface area contributed by atoms with Crippen molar-refractivity contribution in [3.05, 3.63) is 70.6 Å². The van der Waals surface area contributed by atoms with Crippen molar-refractivity contribution in [1.29, 1.82) is 0 Å². The van der Waals surface area contributed by atoms with Crippen LogP contribution in [0.15, 0.2) is 46.9 Å². The van der Waals surface area contributed by atoms with Crippen LogP contribution in [0, 0.1) is 19.8 Å². The Hall–Kier alpha value is -3.08. The molecule has 0 fully saturated rings. The van der Waals surface area contributed by atoms with E-state index >= 15 is 0 Å². The molecule has 0 radical (unpaired) electrons. The summed E-state index contributed by atoms with van der Waals surface area (Å²) in [6.45, 7) is 6.45. The first-order valence-electron chi connectivity index (χ1n) is 11.0. The van der Waals surface area contributed by atoms with Gasteiger partial charge in [0.2, 0.25) is 5.89 Å². The number of oxazole rings is 1. The summed E-state index contributed by atoms with van der Waals surface area (Å²) in [6, 6.07) is 14.2. The van der Waals surface area contributed by atoms with Crippen LogP contribution in [0.3, 0.4) is 0 Å². The van der Waals surface area contributed by atoms with Crippen molar-refractivity contribution in [1.82, 2.24) is 4.98 Å². The molecule has 5 nitrogen and oxygen atoms in total. The van der Waals surface area contributed by atoms with Crippen LogP contribution in [0.1, 0.15) is 53.8 Å². The lowest BCUT2D eigenvalue weighted by Gasteiger charge is -2.19. The Balaban J connectivity index is 1.39. The Morgan fingerprint density at radius 1 is 1.23 bits per heavy atom. The lowest BCUT2D eigenvalue weighted by atomic mass is 9.85. The average Bonchev–Trinajstić information content (AvgIpc) is 3.32. The number of aryl methyl sites for hydroxylation is 3. The van der Waals surface area contributed by atoms with Gasteiger partial charge < -0.3 is 14.3 Å². The third kappa shape index (κ3) is 4.50. The highest BCUT2D eigenvalue weighted by molar-refractivity contribution is 5.72. The van der Waals surface area contributed by atoms with E-state index in [2.05, 4.69) is 30.1 Å². The maximum Gasteiger partial charge on any atom is 0.307 e. The predicted octanol–water partition coefficient (Wildman–Crippen LogP) is 5.72. The molecule has 5 heteroatoms. The Bertz CT molecular complexity index is 1070. The van der Waals surface area contributed by atoms with Gasteiger partial charge in [-0.3, -0.25) is 4.79 Å². The van der Waals surface area contributed by atoms with Crippen LogP contribution in [0.2, 0.25) is 0 Å². The lowest BCUT2D eigenvalue weighted by Crippen LogP contribution is -2.19. The Morgan fingerprint density at radius 3 is 2.71 bits per heavy atom. The number of aliphatic carboxylic acids is 1. The van der Waals surface area contributed by atoms with Crippen molar-refractivity contribution in [2.24, 2.45) is 5.92 Å². The minimum absolute atomic E-state index is 0.101. The summed E-state index contributed by atoms with van der Waals surface area (Å²) >= 11 is 0. The molecule has 0 saturated carbocycles. The third-order valence-corrected chi connectivity index (χ3v) is 6.28. The molecule has 1 aliphatic rings. The van der Waals surface area contributed by atoms with Crippen molar-refractivity contribution in [2.45, 2.75) is 52.4 Å². The summed E-state index contributed by atoms with van der Waals surface area (Å²) in [5.41, 5.74) is 5.46. The zero-order valence-electron chi connectivity index (χ0n) is 18.4. The molecular weight excluding hydrogens is 390 g/mol. The summed E-state index contributed by atoms with van der Waals surface area (Å²) in [5.74, 6) is 1.36. The SMILES string of the molecule is CC[C@H](C(=O)O)[C@@H]1CCc2cc(OCCc3nc(-c4ccc(C)cc4)oc3C)ccc21. The fourth-order valence-electron chi connectivity index (χ4n) is 4.51. The van der Waals surface area contributed by atoms with Gasteiger partial charge in [-0.05, 0) is 74.4 Å². The number of carboxylic acids is 1. The summed E-state index contributed by atoms with van der Waals surface area (Å²) in [4.78, 5) is 16.2. The molecule has 162 valence electrons. The van der Waals surface area contributed by atoms with Gasteiger partial charge in [0, 0.05) is 12.0 Å². The van der Waals surface area contributed by atoms with Crippen LogP contribution < -0.4 is 4.74 Å². The van der Waals surface area contributed by atoms with E-state index in [1.54, 1.807) is 0 Å². The van der Waals surface area contributed by atoms with E-state index in [9.17, 15) is 9.90 Å². The van der Waals surface area contributed by atoms with E-state index in [4.69, 9.17) is 9.15 Å². The first-order valence-corrected chi connectivity index (χ1v) is 11.0. The fourth-order valence-corrected chi connectivity index (χ4v) is 4.51. The molecule has 2 atom stereocenters. The molecule has 1 aromatic heterocycles. The first-order chi connectivity index (χ1) is 15.0.